The molecule has 1 N–H and O–H groups in total. The summed E-state index contributed by atoms with van der Waals surface area (Å²) in [5.41, 5.74) is 0.439. The van der Waals surface area contributed by atoms with E-state index < -0.39 is 0 Å². The second kappa shape index (κ2) is 7.99. The first-order valence-electron chi connectivity index (χ1n) is 7.63. The molecular weight excluding hydrogens is 337 g/mol. The first-order chi connectivity index (χ1) is 10.9. The third-order valence-corrected chi connectivity index (χ3v) is 4.40. The third kappa shape index (κ3) is 4.83. The van der Waals surface area contributed by atoms with Gasteiger partial charge < -0.3 is 10.2 Å². The van der Waals surface area contributed by atoms with Crippen molar-refractivity contribution in [3.63, 3.8) is 0 Å². The van der Waals surface area contributed by atoms with Crippen molar-refractivity contribution in [3.05, 3.63) is 28.2 Å². The predicted molar refractivity (Wildman–Crippen MR) is 92.9 cm³/mol. The fraction of sp³-hybridized carbons (Fsp3) is 0.500. The lowest BCUT2D eigenvalue weighted by atomic mass is 10.1. The largest absolute Gasteiger partial charge is 0.340 e. The van der Waals surface area contributed by atoms with E-state index in [1.54, 1.807) is 18.2 Å². The number of amides is 2. The van der Waals surface area contributed by atoms with Crippen LogP contribution >= 0.6 is 23.2 Å². The summed E-state index contributed by atoms with van der Waals surface area (Å²) in [6.45, 7) is 6.72. The number of nitrogens with one attached hydrogen (secondary N) is 1. The average Bonchev–Trinajstić information content (AvgIpc) is 2.51. The molecule has 1 saturated heterocycles. The van der Waals surface area contributed by atoms with Crippen molar-refractivity contribution < 1.29 is 9.59 Å². The van der Waals surface area contributed by atoms with Gasteiger partial charge in [0, 0.05) is 32.1 Å². The van der Waals surface area contributed by atoms with Crippen LogP contribution in [0.15, 0.2) is 18.2 Å². The highest BCUT2D eigenvalue weighted by Crippen LogP contribution is 2.29. The van der Waals surface area contributed by atoms with Gasteiger partial charge in [0.25, 0.3) is 0 Å². The lowest BCUT2D eigenvalue weighted by molar-refractivity contribution is -0.136. The van der Waals surface area contributed by atoms with Crippen molar-refractivity contribution in [2.24, 2.45) is 5.92 Å². The molecular formula is C16H21Cl2N3O2. The lowest BCUT2D eigenvalue weighted by Gasteiger charge is -2.35. The summed E-state index contributed by atoms with van der Waals surface area (Å²) < 4.78 is 0. The van der Waals surface area contributed by atoms with E-state index in [1.807, 2.05) is 23.6 Å². The van der Waals surface area contributed by atoms with Gasteiger partial charge in [0.2, 0.25) is 11.8 Å². The second-order valence-corrected chi connectivity index (χ2v) is 6.72. The van der Waals surface area contributed by atoms with Crippen LogP contribution in [-0.2, 0) is 9.59 Å². The highest BCUT2D eigenvalue weighted by Gasteiger charge is 2.24. The number of hydrogen-bond donors (Lipinski definition) is 1. The van der Waals surface area contributed by atoms with E-state index in [4.69, 9.17) is 23.2 Å². The Morgan fingerprint density at radius 3 is 2.22 bits per heavy atom. The number of anilines is 1. The lowest BCUT2D eigenvalue weighted by Crippen LogP contribution is -2.51. The fourth-order valence-electron chi connectivity index (χ4n) is 2.49. The molecule has 2 rings (SSSR count). The minimum atomic E-state index is -0.163. The maximum absolute atomic E-state index is 12.2. The standard InChI is InChI=1S/C16H21Cl2N3O2/c1-11(2)16(23)21-8-6-20(7-9-21)10-14(22)19-15-12(17)4-3-5-13(15)18/h3-5,11H,6-10H2,1-2H3,(H,19,22). The SMILES string of the molecule is CC(C)C(=O)N1CCN(CC(=O)Nc2c(Cl)cccc2Cl)CC1. The summed E-state index contributed by atoms with van der Waals surface area (Å²) in [5, 5.41) is 3.58. The van der Waals surface area contributed by atoms with Crippen LogP contribution < -0.4 is 5.32 Å². The number of nitrogens with zero attached hydrogens (tertiary/aromatic N) is 2. The summed E-state index contributed by atoms with van der Waals surface area (Å²) in [5.74, 6) is 0.00722. The minimum Gasteiger partial charge on any atom is -0.340 e. The Kier molecular flexibility index (Phi) is 6.27. The van der Waals surface area contributed by atoms with Gasteiger partial charge in [-0.3, -0.25) is 14.5 Å². The first-order valence-corrected chi connectivity index (χ1v) is 8.39. The molecule has 0 aromatic heterocycles. The van der Waals surface area contributed by atoms with E-state index in [2.05, 4.69) is 5.32 Å². The van der Waals surface area contributed by atoms with Crippen molar-refractivity contribution in [2.75, 3.05) is 38.0 Å². The summed E-state index contributed by atoms with van der Waals surface area (Å²) >= 11 is 12.1. The Balaban J connectivity index is 1.85. The van der Waals surface area contributed by atoms with Crippen LogP contribution in [0.1, 0.15) is 13.8 Å². The van der Waals surface area contributed by atoms with E-state index in [0.29, 0.717) is 41.9 Å². The molecule has 126 valence electrons. The Hall–Kier alpha value is -1.30. The van der Waals surface area contributed by atoms with E-state index >= 15 is 0 Å². The van der Waals surface area contributed by atoms with Crippen molar-refractivity contribution in [1.29, 1.82) is 0 Å². The molecule has 5 nitrogen and oxygen atoms in total. The van der Waals surface area contributed by atoms with Gasteiger partial charge in [0.1, 0.15) is 0 Å². The summed E-state index contributed by atoms with van der Waals surface area (Å²) in [6.07, 6.45) is 0. The zero-order valence-corrected chi connectivity index (χ0v) is 14.8. The van der Waals surface area contributed by atoms with Crippen LogP contribution in [0.3, 0.4) is 0 Å². The number of carbonyl (C=O) groups is 2. The number of rotatable bonds is 4. The first kappa shape index (κ1) is 18.0. The number of para-hydroxylation sites is 1. The Morgan fingerprint density at radius 1 is 1.13 bits per heavy atom. The topological polar surface area (TPSA) is 52.7 Å². The molecule has 23 heavy (non-hydrogen) atoms. The third-order valence-electron chi connectivity index (χ3n) is 3.77. The smallest absolute Gasteiger partial charge is 0.238 e. The van der Waals surface area contributed by atoms with Crippen molar-refractivity contribution >= 4 is 40.7 Å². The van der Waals surface area contributed by atoms with Crippen molar-refractivity contribution in [1.82, 2.24) is 9.80 Å². The Morgan fingerprint density at radius 2 is 1.70 bits per heavy atom. The Bertz CT molecular complexity index is 564. The van der Waals surface area contributed by atoms with Gasteiger partial charge in [0.15, 0.2) is 0 Å². The summed E-state index contributed by atoms with van der Waals surface area (Å²) in [4.78, 5) is 28.0. The summed E-state index contributed by atoms with van der Waals surface area (Å²) in [7, 11) is 0. The number of piperazine rings is 1. The van der Waals surface area contributed by atoms with Gasteiger partial charge in [-0.05, 0) is 12.1 Å². The second-order valence-electron chi connectivity index (χ2n) is 5.90. The maximum Gasteiger partial charge on any atom is 0.238 e. The van der Waals surface area contributed by atoms with Gasteiger partial charge in [-0.2, -0.15) is 0 Å². The van der Waals surface area contributed by atoms with E-state index in [9.17, 15) is 9.59 Å². The van der Waals surface area contributed by atoms with E-state index in [1.165, 1.54) is 0 Å². The molecule has 1 aliphatic rings. The molecule has 0 aliphatic carbocycles. The van der Waals surface area contributed by atoms with Crippen LogP contribution in [0.4, 0.5) is 5.69 Å². The molecule has 7 heteroatoms. The van der Waals surface area contributed by atoms with Crippen LogP contribution in [0, 0.1) is 5.92 Å². The van der Waals surface area contributed by atoms with E-state index in [0.717, 1.165) is 0 Å². The fourth-order valence-corrected chi connectivity index (χ4v) is 2.98. The Labute approximate surface area is 146 Å². The quantitative estimate of drug-likeness (QED) is 0.901. The van der Waals surface area contributed by atoms with Crippen molar-refractivity contribution in [2.45, 2.75) is 13.8 Å². The zero-order valence-electron chi connectivity index (χ0n) is 13.3. The molecule has 2 amide bonds. The number of hydrogen-bond acceptors (Lipinski definition) is 3. The predicted octanol–water partition coefficient (Wildman–Crippen LogP) is 2.73. The zero-order chi connectivity index (χ0) is 17.0. The monoisotopic (exact) mass is 357 g/mol. The number of halogens is 2. The molecule has 1 heterocycles. The van der Waals surface area contributed by atoms with Crippen LogP contribution in [0.5, 0.6) is 0 Å². The molecule has 0 spiro atoms. The van der Waals surface area contributed by atoms with Gasteiger partial charge >= 0.3 is 0 Å². The number of carbonyl (C=O) groups excluding carboxylic acids is 2. The molecule has 1 aromatic rings. The highest BCUT2D eigenvalue weighted by molar-refractivity contribution is 6.39. The number of benzene rings is 1. The summed E-state index contributed by atoms with van der Waals surface area (Å²) in [6, 6.07) is 5.09. The van der Waals surface area contributed by atoms with Gasteiger partial charge in [-0.1, -0.05) is 43.1 Å². The van der Waals surface area contributed by atoms with Gasteiger partial charge in [-0.15, -0.1) is 0 Å². The molecule has 0 unspecified atom stereocenters. The highest BCUT2D eigenvalue weighted by atomic mass is 35.5. The molecule has 1 aromatic carbocycles. The van der Waals surface area contributed by atoms with Crippen LogP contribution in [0.25, 0.3) is 0 Å². The minimum absolute atomic E-state index is 0.00668. The van der Waals surface area contributed by atoms with Gasteiger partial charge in [0.05, 0.1) is 22.3 Å². The average molecular weight is 358 g/mol. The van der Waals surface area contributed by atoms with Gasteiger partial charge in [-0.25, -0.2) is 0 Å². The molecule has 0 bridgehead atoms. The molecule has 1 fully saturated rings. The normalized spacial score (nSPS) is 15.8. The molecule has 1 aliphatic heterocycles. The van der Waals surface area contributed by atoms with E-state index in [-0.39, 0.29) is 24.3 Å². The molecule has 0 radical (unpaired) electrons. The van der Waals surface area contributed by atoms with Crippen LogP contribution in [-0.4, -0.2) is 54.3 Å². The van der Waals surface area contributed by atoms with Crippen LogP contribution in [0.2, 0.25) is 10.0 Å². The molecule has 0 atom stereocenters. The van der Waals surface area contributed by atoms with Crippen molar-refractivity contribution in [3.8, 4) is 0 Å². The molecule has 0 saturated carbocycles. The maximum atomic E-state index is 12.2.